The summed E-state index contributed by atoms with van der Waals surface area (Å²) in [4.78, 5) is 11.4. The highest BCUT2D eigenvalue weighted by Gasteiger charge is 2.17. The van der Waals surface area contributed by atoms with Gasteiger partial charge in [-0.3, -0.25) is 4.79 Å². The van der Waals surface area contributed by atoms with Crippen LogP contribution in [0.25, 0.3) is 11.0 Å². The van der Waals surface area contributed by atoms with Crippen molar-refractivity contribution in [2.45, 2.75) is 27.7 Å². The molecular formula is C13H13BrO2. The fourth-order valence-corrected chi connectivity index (χ4v) is 2.42. The summed E-state index contributed by atoms with van der Waals surface area (Å²) in [5.74, 6) is 0.442. The summed E-state index contributed by atoms with van der Waals surface area (Å²) in [5.41, 5.74) is 3.97. The summed E-state index contributed by atoms with van der Waals surface area (Å²) in [6, 6.07) is 1.96. The first kappa shape index (κ1) is 11.4. The van der Waals surface area contributed by atoms with Crippen LogP contribution in [0.5, 0.6) is 0 Å². The maximum Gasteiger partial charge on any atom is 0.195 e. The highest BCUT2D eigenvalue weighted by Crippen LogP contribution is 2.34. The number of ketones is 1. The Hall–Kier alpha value is -1.09. The zero-order valence-corrected chi connectivity index (χ0v) is 11.4. The lowest BCUT2D eigenvalue weighted by Crippen LogP contribution is -1.91. The molecular weight excluding hydrogens is 268 g/mol. The van der Waals surface area contributed by atoms with Gasteiger partial charge in [0.25, 0.3) is 0 Å². The third-order valence-electron chi connectivity index (χ3n) is 2.89. The minimum atomic E-state index is -0.0260. The summed E-state index contributed by atoms with van der Waals surface area (Å²) < 4.78 is 6.69. The fourth-order valence-electron chi connectivity index (χ4n) is 2.10. The average molecular weight is 281 g/mol. The summed E-state index contributed by atoms with van der Waals surface area (Å²) in [7, 11) is 0. The van der Waals surface area contributed by atoms with E-state index < -0.39 is 0 Å². The molecule has 84 valence electrons. The Balaban J connectivity index is 2.93. The van der Waals surface area contributed by atoms with Crippen molar-refractivity contribution in [2.24, 2.45) is 0 Å². The molecule has 0 saturated heterocycles. The number of rotatable bonds is 1. The number of carbonyl (C=O) groups is 1. The number of halogens is 1. The Morgan fingerprint density at radius 1 is 1.25 bits per heavy atom. The molecule has 0 aliphatic heterocycles. The predicted octanol–water partition coefficient (Wildman–Crippen LogP) is 4.32. The molecule has 0 bridgehead atoms. The quantitative estimate of drug-likeness (QED) is 0.728. The van der Waals surface area contributed by atoms with Gasteiger partial charge < -0.3 is 4.42 Å². The minimum Gasteiger partial charge on any atom is -0.453 e. The first-order valence-corrected chi connectivity index (χ1v) is 5.92. The molecule has 0 amide bonds. The molecule has 1 aromatic carbocycles. The molecule has 16 heavy (non-hydrogen) atoms. The average Bonchev–Trinajstić information content (AvgIpc) is 2.52. The van der Waals surface area contributed by atoms with Crippen molar-refractivity contribution in [3.05, 3.63) is 33.0 Å². The summed E-state index contributed by atoms with van der Waals surface area (Å²) in [6.45, 7) is 7.51. The lowest BCUT2D eigenvalue weighted by molar-refractivity contribution is 0.0988. The van der Waals surface area contributed by atoms with E-state index in [0.29, 0.717) is 5.76 Å². The van der Waals surface area contributed by atoms with Crippen LogP contribution in [-0.4, -0.2) is 5.78 Å². The van der Waals surface area contributed by atoms with Crippen LogP contribution in [0.1, 0.15) is 34.2 Å². The van der Waals surface area contributed by atoms with E-state index in [4.69, 9.17) is 4.42 Å². The van der Waals surface area contributed by atoms with Crippen LogP contribution in [0.2, 0.25) is 0 Å². The van der Waals surface area contributed by atoms with Crippen LogP contribution in [0, 0.1) is 20.8 Å². The SMILES string of the molecule is CC(=O)c1oc2cc(C)c(Br)c(C)c2c1C. The van der Waals surface area contributed by atoms with Gasteiger partial charge in [0, 0.05) is 22.3 Å². The number of Topliss-reactive ketones (excluding diaryl/α,β-unsaturated/α-hetero) is 1. The summed E-state index contributed by atoms with van der Waals surface area (Å²) in [6.07, 6.45) is 0. The van der Waals surface area contributed by atoms with E-state index in [1.54, 1.807) is 0 Å². The number of aryl methyl sites for hydroxylation is 3. The Morgan fingerprint density at radius 2 is 1.88 bits per heavy atom. The molecule has 2 aromatic rings. The zero-order chi connectivity index (χ0) is 12.0. The van der Waals surface area contributed by atoms with Gasteiger partial charge in [0.1, 0.15) is 5.58 Å². The van der Waals surface area contributed by atoms with Gasteiger partial charge >= 0.3 is 0 Å². The van der Waals surface area contributed by atoms with Gasteiger partial charge in [-0.25, -0.2) is 0 Å². The molecule has 0 unspecified atom stereocenters. The van der Waals surface area contributed by atoms with E-state index in [0.717, 1.165) is 32.1 Å². The van der Waals surface area contributed by atoms with Crippen molar-refractivity contribution < 1.29 is 9.21 Å². The van der Waals surface area contributed by atoms with E-state index in [-0.39, 0.29) is 5.78 Å². The number of hydrogen-bond donors (Lipinski definition) is 0. The molecule has 2 rings (SSSR count). The number of hydrogen-bond acceptors (Lipinski definition) is 2. The van der Waals surface area contributed by atoms with E-state index in [1.165, 1.54) is 6.92 Å². The van der Waals surface area contributed by atoms with Crippen LogP contribution in [0.3, 0.4) is 0 Å². The Kier molecular flexibility index (Phi) is 2.66. The third kappa shape index (κ3) is 1.50. The molecule has 0 fully saturated rings. The normalized spacial score (nSPS) is 11.1. The number of fused-ring (bicyclic) bond motifs is 1. The monoisotopic (exact) mass is 280 g/mol. The molecule has 1 heterocycles. The maximum atomic E-state index is 11.4. The van der Waals surface area contributed by atoms with Crippen LogP contribution in [0.15, 0.2) is 15.0 Å². The number of carbonyl (C=O) groups excluding carboxylic acids is 1. The van der Waals surface area contributed by atoms with Gasteiger partial charge in [0.05, 0.1) is 0 Å². The topological polar surface area (TPSA) is 30.2 Å². The molecule has 0 N–H and O–H groups in total. The molecule has 0 saturated carbocycles. The smallest absolute Gasteiger partial charge is 0.195 e. The van der Waals surface area contributed by atoms with Gasteiger partial charge in [-0.1, -0.05) is 15.9 Å². The molecule has 0 aliphatic carbocycles. The summed E-state index contributed by atoms with van der Waals surface area (Å²) >= 11 is 3.55. The Morgan fingerprint density at radius 3 is 2.44 bits per heavy atom. The van der Waals surface area contributed by atoms with Crippen LogP contribution in [-0.2, 0) is 0 Å². The Labute approximate surface area is 103 Å². The van der Waals surface area contributed by atoms with Crippen LogP contribution >= 0.6 is 15.9 Å². The highest BCUT2D eigenvalue weighted by molar-refractivity contribution is 9.10. The number of benzene rings is 1. The van der Waals surface area contributed by atoms with Gasteiger partial charge in [0.15, 0.2) is 11.5 Å². The molecule has 0 spiro atoms. The molecule has 0 atom stereocenters. The molecule has 0 radical (unpaired) electrons. The largest absolute Gasteiger partial charge is 0.453 e. The molecule has 2 nitrogen and oxygen atoms in total. The van der Waals surface area contributed by atoms with Gasteiger partial charge in [-0.15, -0.1) is 0 Å². The molecule has 0 aliphatic rings. The Bertz CT molecular complexity index is 594. The van der Waals surface area contributed by atoms with E-state index in [1.807, 2.05) is 26.8 Å². The summed E-state index contributed by atoms with van der Waals surface area (Å²) in [5, 5.41) is 1.04. The van der Waals surface area contributed by atoms with Crippen molar-refractivity contribution in [2.75, 3.05) is 0 Å². The van der Waals surface area contributed by atoms with E-state index >= 15 is 0 Å². The standard InChI is InChI=1S/C13H13BrO2/c1-6-5-10-11(7(2)12(6)14)8(3)13(16-10)9(4)15/h5H,1-4H3. The van der Waals surface area contributed by atoms with E-state index in [9.17, 15) is 4.79 Å². The second-order valence-electron chi connectivity index (χ2n) is 4.12. The van der Waals surface area contributed by atoms with Crippen molar-refractivity contribution >= 4 is 32.7 Å². The maximum absolute atomic E-state index is 11.4. The van der Waals surface area contributed by atoms with Crippen molar-refractivity contribution in [1.82, 2.24) is 0 Å². The predicted molar refractivity (Wildman–Crippen MR) is 68.1 cm³/mol. The molecule has 1 aromatic heterocycles. The van der Waals surface area contributed by atoms with Gasteiger partial charge in [-0.2, -0.15) is 0 Å². The van der Waals surface area contributed by atoms with Crippen LogP contribution < -0.4 is 0 Å². The van der Waals surface area contributed by atoms with E-state index in [2.05, 4.69) is 15.9 Å². The first-order chi connectivity index (χ1) is 7.43. The number of furan rings is 1. The second-order valence-corrected chi connectivity index (χ2v) is 4.91. The van der Waals surface area contributed by atoms with Crippen molar-refractivity contribution in [3.8, 4) is 0 Å². The third-order valence-corrected chi connectivity index (χ3v) is 4.11. The first-order valence-electron chi connectivity index (χ1n) is 5.13. The highest BCUT2D eigenvalue weighted by atomic mass is 79.9. The van der Waals surface area contributed by atoms with Crippen molar-refractivity contribution in [3.63, 3.8) is 0 Å². The zero-order valence-electron chi connectivity index (χ0n) is 9.77. The fraction of sp³-hybridized carbons (Fsp3) is 0.308. The van der Waals surface area contributed by atoms with Gasteiger partial charge in [0.2, 0.25) is 0 Å². The molecule has 3 heteroatoms. The van der Waals surface area contributed by atoms with Crippen molar-refractivity contribution in [1.29, 1.82) is 0 Å². The lowest BCUT2D eigenvalue weighted by atomic mass is 10.0. The lowest BCUT2D eigenvalue weighted by Gasteiger charge is -2.03. The second kappa shape index (κ2) is 3.74. The minimum absolute atomic E-state index is 0.0260. The van der Waals surface area contributed by atoms with Crippen LogP contribution in [0.4, 0.5) is 0 Å². The van der Waals surface area contributed by atoms with Gasteiger partial charge in [-0.05, 0) is 38.0 Å².